The molecule has 2 aromatic carbocycles. The van der Waals surface area contributed by atoms with Crippen molar-refractivity contribution in [2.24, 2.45) is 0 Å². The number of aromatic nitrogens is 2. The van der Waals surface area contributed by atoms with E-state index >= 15 is 0 Å². The number of amides is 2. The molecule has 0 bridgehead atoms. The van der Waals surface area contributed by atoms with Crippen LogP contribution in [-0.2, 0) is 17.7 Å². The first-order valence-corrected chi connectivity index (χ1v) is 13.7. The van der Waals surface area contributed by atoms with Gasteiger partial charge in [0, 0.05) is 36.5 Å². The van der Waals surface area contributed by atoms with Crippen LogP contribution in [0.25, 0.3) is 11.3 Å². The van der Waals surface area contributed by atoms with E-state index in [0.29, 0.717) is 18.8 Å². The molecule has 2 amide bonds. The van der Waals surface area contributed by atoms with Gasteiger partial charge in [-0.3, -0.25) is 4.79 Å². The first-order valence-electron chi connectivity index (χ1n) is 13.3. The van der Waals surface area contributed by atoms with E-state index in [-0.39, 0.29) is 35.4 Å². The van der Waals surface area contributed by atoms with Crippen molar-refractivity contribution < 1.29 is 37.3 Å². The third-order valence-corrected chi connectivity index (χ3v) is 6.85. The minimum Gasteiger partial charge on any atom is -0.480 e. The van der Waals surface area contributed by atoms with Crippen LogP contribution in [0.4, 0.5) is 18.0 Å². The molecule has 9 nitrogen and oxygen atoms in total. The molecule has 0 saturated carbocycles. The van der Waals surface area contributed by atoms with Crippen LogP contribution in [0.3, 0.4) is 0 Å². The molecule has 0 fully saturated rings. The zero-order valence-electron chi connectivity index (χ0n) is 23.7. The maximum Gasteiger partial charge on any atom is 0.425 e. The van der Waals surface area contributed by atoms with Crippen molar-refractivity contribution in [1.29, 1.82) is 0 Å². The number of carbonyl (C=O) groups is 2. The minimum atomic E-state index is -4.56. The number of aliphatic hydroxyl groups excluding tert-OH is 1. The number of benzene rings is 2. The summed E-state index contributed by atoms with van der Waals surface area (Å²) in [6.45, 7) is 5.15. The Labute approximate surface area is 247 Å². The number of hydrogen-bond acceptors (Lipinski definition) is 6. The summed E-state index contributed by atoms with van der Waals surface area (Å²) in [5.41, 5.74) is 2.63. The molecule has 1 heterocycles. The van der Waals surface area contributed by atoms with E-state index < -0.39 is 30.3 Å². The van der Waals surface area contributed by atoms with Gasteiger partial charge in [0.1, 0.15) is 11.6 Å². The van der Waals surface area contributed by atoms with Crippen molar-refractivity contribution in [2.45, 2.75) is 64.5 Å². The Balaban J connectivity index is 1.69. The van der Waals surface area contributed by atoms with Gasteiger partial charge in [-0.05, 0) is 57.4 Å². The quantitative estimate of drug-likeness (QED) is 0.243. The number of aryl methyl sites for hydroxylation is 1. The van der Waals surface area contributed by atoms with Crippen LogP contribution in [0.1, 0.15) is 55.0 Å². The number of alkyl carbamates (subject to hydrolysis) is 1. The van der Waals surface area contributed by atoms with Crippen molar-refractivity contribution in [3.05, 3.63) is 70.6 Å². The molecule has 3 unspecified atom stereocenters. The Kier molecular flexibility index (Phi) is 11.2. The number of halogens is 4. The second kappa shape index (κ2) is 14.4. The summed E-state index contributed by atoms with van der Waals surface area (Å²) in [6, 6.07) is 10.6. The molecule has 3 N–H and O–H groups in total. The molecule has 0 aliphatic rings. The fourth-order valence-corrected chi connectivity index (χ4v) is 4.43. The molecule has 42 heavy (non-hydrogen) atoms. The van der Waals surface area contributed by atoms with E-state index in [2.05, 4.69) is 15.4 Å². The van der Waals surface area contributed by atoms with Gasteiger partial charge in [-0.15, -0.1) is 0 Å². The molecule has 0 aliphatic carbocycles. The number of alkyl halides is 3. The third-order valence-electron chi connectivity index (χ3n) is 6.56. The Morgan fingerprint density at radius 3 is 2.38 bits per heavy atom. The summed E-state index contributed by atoms with van der Waals surface area (Å²) in [7, 11) is 1.30. The lowest BCUT2D eigenvalue weighted by Crippen LogP contribution is -2.37. The van der Waals surface area contributed by atoms with E-state index in [1.807, 2.05) is 48.9 Å². The summed E-state index contributed by atoms with van der Waals surface area (Å²) in [6.07, 6.45) is -4.57. The smallest absolute Gasteiger partial charge is 0.425 e. The Hall–Kier alpha value is -3.77. The van der Waals surface area contributed by atoms with Gasteiger partial charge in [-0.25, -0.2) is 9.78 Å². The maximum absolute atomic E-state index is 12.9. The normalized spacial score (nSPS) is 13.6. The summed E-state index contributed by atoms with van der Waals surface area (Å²) in [5, 5.41) is 15.0. The topological polar surface area (TPSA) is 115 Å². The number of hydrogen-bond donors (Lipinski definition) is 3. The summed E-state index contributed by atoms with van der Waals surface area (Å²) < 4.78 is 49.9. The van der Waals surface area contributed by atoms with Crippen molar-refractivity contribution in [3.63, 3.8) is 0 Å². The maximum atomic E-state index is 12.9. The van der Waals surface area contributed by atoms with Crippen LogP contribution in [-0.4, -0.2) is 58.7 Å². The number of imidazole rings is 1. The van der Waals surface area contributed by atoms with Gasteiger partial charge in [0.25, 0.3) is 5.91 Å². The molecule has 0 aliphatic heterocycles. The predicted molar refractivity (Wildman–Crippen MR) is 152 cm³/mol. The fourth-order valence-electron chi connectivity index (χ4n) is 4.21. The number of ether oxygens (including phenoxy) is 2. The van der Waals surface area contributed by atoms with E-state index in [9.17, 15) is 27.9 Å². The monoisotopic (exact) mass is 610 g/mol. The first-order chi connectivity index (χ1) is 19.9. The van der Waals surface area contributed by atoms with Gasteiger partial charge in [-0.1, -0.05) is 35.9 Å². The second-order valence-electron chi connectivity index (χ2n) is 9.66. The average Bonchev–Trinajstić information content (AvgIpc) is 3.38. The van der Waals surface area contributed by atoms with Crippen molar-refractivity contribution in [2.75, 3.05) is 13.7 Å². The number of rotatable bonds is 12. The standard InChI is InChI=1S/C29H34ClF3N4O5/c1-5-37-16-24(36-26(37)17(2)34-28(40)41-4)20-8-6-19(7-9-20)14-22(12-13-38)35-27(39)21-10-11-25(23(30)15-21)42-18(3)29(31,32)33/h6-11,15-18,22,38H,5,12-14H2,1-4H3,(H,34,40)(H,35,39). The molecule has 1 aromatic heterocycles. The highest BCUT2D eigenvalue weighted by atomic mass is 35.5. The van der Waals surface area contributed by atoms with Gasteiger partial charge in [-0.2, -0.15) is 13.2 Å². The second-order valence-corrected chi connectivity index (χ2v) is 10.1. The van der Waals surface area contributed by atoms with Crippen LogP contribution in [0.2, 0.25) is 5.02 Å². The highest BCUT2D eigenvalue weighted by Crippen LogP contribution is 2.31. The zero-order chi connectivity index (χ0) is 31.0. The molecular formula is C29H34ClF3N4O5. The molecule has 13 heteroatoms. The van der Waals surface area contributed by atoms with Crippen molar-refractivity contribution in [1.82, 2.24) is 20.2 Å². The lowest BCUT2D eigenvalue weighted by molar-refractivity contribution is -0.189. The molecule has 3 atom stereocenters. The van der Waals surface area contributed by atoms with Crippen LogP contribution in [0.15, 0.2) is 48.7 Å². The lowest BCUT2D eigenvalue weighted by atomic mass is 10.0. The van der Waals surface area contributed by atoms with E-state index in [4.69, 9.17) is 21.3 Å². The number of carbonyl (C=O) groups excluding carboxylic acids is 2. The van der Waals surface area contributed by atoms with Crippen LogP contribution < -0.4 is 15.4 Å². The highest BCUT2D eigenvalue weighted by Gasteiger charge is 2.38. The van der Waals surface area contributed by atoms with Crippen LogP contribution >= 0.6 is 11.6 Å². The van der Waals surface area contributed by atoms with E-state index in [1.165, 1.54) is 25.3 Å². The molecule has 0 spiro atoms. The van der Waals surface area contributed by atoms with E-state index in [0.717, 1.165) is 23.7 Å². The molecule has 3 rings (SSSR count). The van der Waals surface area contributed by atoms with Crippen LogP contribution in [0.5, 0.6) is 5.75 Å². The van der Waals surface area contributed by atoms with Gasteiger partial charge in [0.15, 0.2) is 6.10 Å². The predicted octanol–water partition coefficient (Wildman–Crippen LogP) is 5.69. The summed E-state index contributed by atoms with van der Waals surface area (Å²) in [5.74, 6) is 0.00656. The summed E-state index contributed by atoms with van der Waals surface area (Å²) >= 11 is 6.08. The Morgan fingerprint density at radius 1 is 1.12 bits per heavy atom. The summed E-state index contributed by atoms with van der Waals surface area (Å²) in [4.78, 5) is 29.2. The molecule has 0 saturated heterocycles. The highest BCUT2D eigenvalue weighted by molar-refractivity contribution is 6.32. The average molecular weight is 611 g/mol. The molecule has 0 radical (unpaired) electrons. The Bertz CT molecular complexity index is 1360. The number of methoxy groups -OCH3 is 1. The van der Waals surface area contributed by atoms with Crippen molar-refractivity contribution in [3.8, 4) is 17.0 Å². The van der Waals surface area contributed by atoms with Crippen LogP contribution in [0, 0.1) is 0 Å². The SMILES string of the molecule is CCn1cc(-c2ccc(CC(CCO)NC(=O)c3ccc(OC(C)C(F)(F)F)c(Cl)c3)cc2)nc1C(C)NC(=O)OC. The molecule has 3 aromatic rings. The first kappa shape index (κ1) is 32.7. The third kappa shape index (κ3) is 8.62. The van der Waals surface area contributed by atoms with Gasteiger partial charge >= 0.3 is 12.3 Å². The van der Waals surface area contributed by atoms with E-state index in [1.54, 1.807) is 0 Å². The van der Waals surface area contributed by atoms with Crippen molar-refractivity contribution >= 4 is 23.6 Å². The number of nitrogens with one attached hydrogen (secondary N) is 2. The minimum absolute atomic E-state index is 0.128. The molecular weight excluding hydrogens is 577 g/mol. The fraction of sp³-hybridized carbons (Fsp3) is 0.414. The lowest BCUT2D eigenvalue weighted by Gasteiger charge is -2.20. The molecule has 228 valence electrons. The van der Waals surface area contributed by atoms with Gasteiger partial charge in [0.05, 0.1) is 23.9 Å². The zero-order valence-corrected chi connectivity index (χ0v) is 24.4. The number of nitrogens with zero attached hydrogens (tertiary/aromatic N) is 2. The number of aliphatic hydroxyl groups is 1. The Morgan fingerprint density at radius 2 is 1.81 bits per heavy atom. The van der Waals surface area contributed by atoms with Gasteiger partial charge < -0.3 is 29.8 Å². The largest absolute Gasteiger partial charge is 0.480 e. The van der Waals surface area contributed by atoms with Gasteiger partial charge in [0.2, 0.25) is 0 Å².